The largest absolute Gasteiger partial charge is 0.304 e. The zero-order chi connectivity index (χ0) is 12.4. The Hall–Kier alpha value is -0.230. The van der Waals surface area contributed by atoms with Crippen LogP contribution in [0.3, 0.4) is 0 Å². The topological polar surface area (TPSA) is 24.9 Å². The second-order valence-electron chi connectivity index (χ2n) is 4.02. The molecule has 17 heavy (non-hydrogen) atoms. The van der Waals surface area contributed by atoms with Gasteiger partial charge in [-0.1, -0.05) is 0 Å². The Morgan fingerprint density at radius 1 is 1.47 bits per heavy atom. The summed E-state index contributed by atoms with van der Waals surface area (Å²) in [5.41, 5.74) is 1.15. The number of aryl methyl sites for hydroxylation is 2. The lowest BCUT2D eigenvalue weighted by Crippen LogP contribution is -2.17. The molecule has 0 fully saturated rings. The summed E-state index contributed by atoms with van der Waals surface area (Å²) in [6, 6.07) is 2.52. The molecule has 1 N–H and O–H groups in total. The van der Waals surface area contributed by atoms with Crippen molar-refractivity contribution in [2.75, 3.05) is 0 Å². The predicted molar refractivity (Wildman–Crippen MR) is 78.9 cm³/mol. The van der Waals surface area contributed by atoms with Crippen LogP contribution in [0.1, 0.15) is 33.4 Å². The van der Waals surface area contributed by atoms with Gasteiger partial charge < -0.3 is 5.32 Å². The van der Waals surface area contributed by atoms with Crippen LogP contribution in [0.5, 0.6) is 0 Å². The van der Waals surface area contributed by atoms with Crippen molar-refractivity contribution < 1.29 is 0 Å². The second kappa shape index (κ2) is 5.61. The van der Waals surface area contributed by atoms with Crippen molar-refractivity contribution in [1.29, 1.82) is 0 Å². The summed E-state index contributed by atoms with van der Waals surface area (Å²) >= 11 is 7.03. The van der Waals surface area contributed by atoms with Gasteiger partial charge in [0.05, 0.1) is 10.7 Å². The van der Waals surface area contributed by atoms with Gasteiger partial charge in [-0.2, -0.15) is 0 Å². The number of thiophene rings is 1. The van der Waals surface area contributed by atoms with E-state index < -0.39 is 0 Å². The lowest BCUT2D eigenvalue weighted by molar-refractivity contribution is 0.583. The van der Waals surface area contributed by atoms with E-state index in [1.165, 1.54) is 9.75 Å². The minimum Gasteiger partial charge on any atom is -0.304 e. The van der Waals surface area contributed by atoms with E-state index >= 15 is 0 Å². The van der Waals surface area contributed by atoms with Crippen LogP contribution in [0.15, 0.2) is 15.9 Å². The van der Waals surface area contributed by atoms with Gasteiger partial charge in [-0.15, -0.1) is 22.7 Å². The first-order valence-electron chi connectivity index (χ1n) is 5.46. The van der Waals surface area contributed by atoms with Crippen LogP contribution >= 0.6 is 38.6 Å². The third-order valence-electron chi connectivity index (χ3n) is 2.54. The molecule has 0 aliphatic carbocycles. The number of thiazole rings is 1. The van der Waals surface area contributed by atoms with Crippen molar-refractivity contribution in [3.8, 4) is 0 Å². The van der Waals surface area contributed by atoms with E-state index in [0.29, 0.717) is 6.04 Å². The SMILES string of the molecule is Cc1nc(C)c(C(C)NCc2cc(Br)cs2)s1. The average molecular weight is 331 g/mol. The van der Waals surface area contributed by atoms with Crippen LogP contribution in [0.4, 0.5) is 0 Å². The van der Waals surface area contributed by atoms with Gasteiger partial charge in [0.15, 0.2) is 0 Å². The van der Waals surface area contributed by atoms with Crippen molar-refractivity contribution in [3.63, 3.8) is 0 Å². The standard InChI is InChI=1S/C12H15BrN2S2/c1-7(12-8(2)15-9(3)17-12)14-5-11-4-10(13)6-16-11/h4,6-7,14H,5H2,1-3H3. The smallest absolute Gasteiger partial charge is 0.0900 e. The molecule has 0 radical (unpaired) electrons. The molecular weight excluding hydrogens is 316 g/mol. The fourth-order valence-electron chi connectivity index (χ4n) is 1.74. The van der Waals surface area contributed by atoms with Crippen LogP contribution in [-0.2, 0) is 6.54 Å². The molecule has 1 unspecified atom stereocenters. The van der Waals surface area contributed by atoms with Crippen LogP contribution in [-0.4, -0.2) is 4.98 Å². The number of halogens is 1. The Morgan fingerprint density at radius 3 is 2.76 bits per heavy atom. The summed E-state index contributed by atoms with van der Waals surface area (Å²) in [5.74, 6) is 0. The van der Waals surface area contributed by atoms with Gasteiger partial charge in [0.2, 0.25) is 0 Å². The van der Waals surface area contributed by atoms with E-state index in [0.717, 1.165) is 21.7 Å². The molecule has 0 saturated carbocycles. The summed E-state index contributed by atoms with van der Waals surface area (Å²) in [5, 5.41) is 6.80. The minimum atomic E-state index is 0.363. The fourth-order valence-corrected chi connectivity index (χ4v) is 4.10. The molecular formula is C12H15BrN2S2. The molecule has 92 valence electrons. The summed E-state index contributed by atoms with van der Waals surface area (Å²) in [4.78, 5) is 7.16. The van der Waals surface area contributed by atoms with Gasteiger partial charge in [-0.25, -0.2) is 4.98 Å². The number of nitrogens with zero attached hydrogens (tertiary/aromatic N) is 1. The molecule has 2 aromatic heterocycles. The number of rotatable bonds is 4. The first kappa shape index (κ1) is 13.2. The average Bonchev–Trinajstić information content (AvgIpc) is 2.81. The lowest BCUT2D eigenvalue weighted by atomic mass is 10.2. The number of nitrogens with one attached hydrogen (secondary N) is 1. The summed E-state index contributed by atoms with van der Waals surface area (Å²) in [6.07, 6.45) is 0. The summed E-state index contributed by atoms with van der Waals surface area (Å²) < 4.78 is 1.16. The zero-order valence-corrected chi connectivity index (χ0v) is 13.3. The van der Waals surface area contributed by atoms with Crippen LogP contribution < -0.4 is 5.32 Å². The van der Waals surface area contributed by atoms with Crippen molar-refractivity contribution in [2.24, 2.45) is 0 Å². The number of hydrogen-bond donors (Lipinski definition) is 1. The molecule has 0 saturated heterocycles. The van der Waals surface area contributed by atoms with Crippen LogP contribution in [0.25, 0.3) is 0 Å². The Bertz CT molecular complexity index is 504. The van der Waals surface area contributed by atoms with E-state index in [1.54, 1.807) is 22.7 Å². The first-order valence-corrected chi connectivity index (χ1v) is 7.95. The van der Waals surface area contributed by atoms with E-state index in [-0.39, 0.29) is 0 Å². The van der Waals surface area contributed by atoms with Gasteiger partial charge in [-0.3, -0.25) is 0 Å². The highest BCUT2D eigenvalue weighted by molar-refractivity contribution is 9.10. The highest BCUT2D eigenvalue weighted by Gasteiger charge is 2.12. The second-order valence-corrected chi connectivity index (χ2v) is 7.16. The molecule has 0 amide bonds. The molecule has 2 heterocycles. The maximum Gasteiger partial charge on any atom is 0.0900 e. The summed E-state index contributed by atoms with van der Waals surface area (Å²) in [7, 11) is 0. The van der Waals surface area contributed by atoms with Crippen LogP contribution in [0, 0.1) is 13.8 Å². The molecule has 0 aliphatic heterocycles. The van der Waals surface area contributed by atoms with E-state index in [9.17, 15) is 0 Å². The predicted octanol–water partition coefficient (Wildman–Crippen LogP) is 4.43. The molecule has 0 spiro atoms. The highest BCUT2D eigenvalue weighted by atomic mass is 79.9. The van der Waals surface area contributed by atoms with E-state index in [2.05, 4.69) is 58.4 Å². The normalized spacial score (nSPS) is 12.9. The quantitative estimate of drug-likeness (QED) is 0.896. The van der Waals surface area contributed by atoms with Gasteiger partial charge >= 0.3 is 0 Å². The van der Waals surface area contributed by atoms with E-state index in [4.69, 9.17) is 0 Å². The fraction of sp³-hybridized carbons (Fsp3) is 0.417. The Kier molecular flexibility index (Phi) is 4.36. The van der Waals surface area contributed by atoms with E-state index in [1.807, 2.05) is 0 Å². The maximum absolute atomic E-state index is 4.46. The number of aromatic nitrogens is 1. The third kappa shape index (κ3) is 3.37. The molecule has 2 nitrogen and oxygen atoms in total. The Labute approximate surface area is 118 Å². The van der Waals surface area contributed by atoms with Crippen LogP contribution in [0.2, 0.25) is 0 Å². The molecule has 2 aromatic rings. The molecule has 2 rings (SSSR count). The van der Waals surface area contributed by atoms with Gasteiger partial charge in [0, 0.05) is 32.2 Å². The summed E-state index contributed by atoms with van der Waals surface area (Å²) in [6.45, 7) is 7.25. The highest BCUT2D eigenvalue weighted by Crippen LogP contribution is 2.25. The molecule has 5 heteroatoms. The lowest BCUT2D eigenvalue weighted by Gasteiger charge is -2.11. The van der Waals surface area contributed by atoms with Gasteiger partial charge in [-0.05, 0) is 42.8 Å². The van der Waals surface area contributed by atoms with Gasteiger partial charge in [0.1, 0.15) is 0 Å². The first-order chi connectivity index (χ1) is 8.06. The Morgan fingerprint density at radius 2 is 2.24 bits per heavy atom. The minimum absolute atomic E-state index is 0.363. The van der Waals surface area contributed by atoms with Crippen molar-refractivity contribution >= 4 is 38.6 Å². The van der Waals surface area contributed by atoms with Crippen molar-refractivity contribution in [2.45, 2.75) is 33.4 Å². The Balaban J connectivity index is 1.97. The maximum atomic E-state index is 4.46. The monoisotopic (exact) mass is 330 g/mol. The molecule has 0 aliphatic rings. The molecule has 0 bridgehead atoms. The number of hydrogen-bond acceptors (Lipinski definition) is 4. The molecule has 0 aromatic carbocycles. The zero-order valence-electron chi connectivity index (χ0n) is 10.1. The van der Waals surface area contributed by atoms with Crippen molar-refractivity contribution in [3.05, 3.63) is 36.4 Å². The molecule has 1 atom stereocenters. The third-order valence-corrected chi connectivity index (χ3v) is 5.49. The van der Waals surface area contributed by atoms with Gasteiger partial charge in [0.25, 0.3) is 0 Å². The van der Waals surface area contributed by atoms with Crippen molar-refractivity contribution in [1.82, 2.24) is 10.3 Å².